The van der Waals surface area contributed by atoms with E-state index >= 15 is 0 Å². The number of hydrogen-bond donors (Lipinski definition) is 0. The average Bonchev–Trinajstić information content (AvgIpc) is 3.66. The average molecular weight is 1070 g/mol. The Kier molecular flexibility index (Phi) is 12.0. The first kappa shape index (κ1) is 46.2. The number of anilines is 10. The fourth-order valence-corrected chi connectivity index (χ4v) is 9.17. The summed E-state index contributed by atoms with van der Waals surface area (Å²) in [6, 6.07) is 66.1. The molecule has 68 heavy (non-hydrogen) atoms. The van der Waals surface area contributed by atoms with E-state index in [0.717, 1.165) is 79.3 Å². The van der Waals surface area contributed by atoms with Crippen LogP contribution in [0.1, 0.15) is 84.6 Å². The number of nitriles is 1. The topological polar surface area (TPSA) is 49.6 Å². The van der Waals surface area contributed by atoms with Gasteiger partial charge in [-0.2, -0.15) is 11.3 Å². The van der Waals surface area contributed by atoms with Crippen molar-refractivity contribution >= 4 is 57.0 Å². The molecule has 3 heterocycles. The normalized spacial score (nSPS) is 13.1. The third-order valence-corrected chi connectivity index (χ3v) is 12.9. The number of aromatic nitrogens is 1. The van der Waals surface area contributed by atoms with E-state index in [0.29, 0.717) is 5.56 Å². The molecule has 0 N–H and O–H groups in total. The molecule has 0 aliphatic carbocycles. The standard InChI is InChI=1S/C61H55N6.Pt/c1-59(2,3)42-18-17-21-46(33-42)64-40-65(56-25-16-15-24-55(56)64)48-34-44(61(7,8)9)35-49(37-48)66(45-19-11-10-12-20-45)47-27-29-52-50-28-26-41(39-62)32-53(50)51-22-13-14-23-54(51)67(57(52)38-47)58-36-43(30-31-63-58)60(4,5)6;/h10-36,40H,1-9H3;/q-3;. The molecule has 6 nitrogen and oxygen atoms in total. The van der Waals surface area contributed by atoms with Crippen LogP contribution < -0.4 is 19.6 Å². The van der Waals surface area contributed by atoms with E-state index < -0.39 is 0 Å². The number of hydrogen-bond acceptors (Lipinski definition) is 6. The SMILES string of the molecule is CC(C)(C)c1cc(N2[CH-]N(c3cccc(C(C)(C)C)c3)c3ccccc32)[c-]c(N(c2[c-]c3c(cc2)-c2ccc(C#N)cc2-c2ccccc2N3c2cc(C(C)(C)C)ccn2)c2ccccc2)c1.[Pt]. The Bertz CT molecular complexity index is 3220. The second kappa shape index (κ2) is 17.6. The summed E-state index contributed by atoms with van der Waals surface area (Å²) < 4.78 is 0. The first-order chi connectivity index (χ1) is 32.1. The Labute approximate surface area is 417 Å². The van der Waals surface area contributed by atoms with E-state index in [2.05, 4.69) is 252 Å². The van der Waals surface area contributed by atoms with Crippen molar-refractivity contribution in [1.29, 1.82) is 5.26 Å². The molecule has 0 bridgehead atoms. The van der Waals surface area contributed by atoms with Crippen LogP contribution in [0.15, 0.2) is 164 Å². The van der Waals surface area contributed by atoms with Crippen molar-refractivity contribution in [1.82, 2.24) is 4.98 Å². The number of benzene rings is 7. The van der Waals surface area contributed by atoms with Gasteiger partial charge in [0.15, 0.2) is 0 Å². The van der Waals surface area contributed by atoms with Gasteiger partial charge in [-0.3, -0.25) is 0 Å². The van der Waals surface area contributed by atoms with Gasteiger partial charge in [-0.05, 0) is 99.7 Å². The zero-order valence-electron chi connectivity index (χ0n) is 40.2. The van der Waals surface area contributed by atoms with Crippen LogP contribution in [-0.2, 0) is 37.3 Å². The fraction of sp³-hybridized carbons (Fsp3) is 0.197. The first-order valence-corrected chi connectivity index (χ1v) is 23.1. The largest absolute Gasteiger partial charge is 0.493 e. The molecular formula is C61H55N6Pt-3. The molecule has 0 spiro atoms. The summed E-state index contributed by atoms with van der Waals surface area (Å²) >= 11 is 0. The Hall–Kier alpha value is -6.93. The van der Waals surface area contributed by atoms with Crippen molar-refractivity contribution in [3.8, 4) is 28.3 Å². The second-order valence-corrected chi connectivity index (χ2v) is 20.7. The van der Waals surface area contributed by atoms with Gasteiger partial charge in [0.25, 0.3) is 0 Å². The summed E-state index contributed by atoms with van der Waals surface area (Å²) in [7, 11) is 0. The number of para-hydroxylation sites is 4. The van der Waals surface area contributed by atoms with E-state index in [-0.39, 0.29) is 37.3 Å². The maximum Gasteiger partial charge on any atom is 0.135 e. The Balaban J connectivity index is 0.00000578. The molecule has 0 saturated heterocycles. The molecule has 2 aliphatic rings. The fourth-order valence-electron chi connectivity index (χ4n) is 9.17. The molecule has 0 unspecified atom stereocenters. The molecule has 0 atom stereocenters. The van der Waals surface area contributed by atoms with Crippen LogP contribution in [0, 0.1) is 30.1 Å². The smallest absolute Gasteiger partial charge is 0.135 e. The molecule has 8 aromatic rings. The van der Waals surface area contributed by atoms with Gasteiger partial charge < -0.3 is 19.6 Å². The minimum atomic E-state index is -0.200. The number of rotatable bonds is 6. The van der Waals surface area contributed by atoms with E-state index in [9.17, 15) is 5.26 Å². The summed E-state index contributed by atoms with van der Waals surface area (Å²) in [5.74, 6) is 0.790. The van der Waals surface area contributed by atoms with Gasteiger partial charge >= 0.3 is 0 Å². The maximum absolute atomic E-state index is 10.1. The van der Waals surface area contributed by atoms with Crippen molar-refractivity contribution in [2.75, 3.05) is 19.6 Å². The second-order valence-electron chi connectivity index (χ2n) is 20.7. The Morgan fingerprint density at radius 3 is 1.88 bits per heavy atom. The molecule has 7 heteroatoms. The number of fused-ring (bicyclic) bond motifs is 6. The van der Waals surface area contributed by atoms with E-state index in [1.54, 1.807) is 0 Å². The minimum Gasteiger partial charge on any atom is -0.493 e. The molecule has 0 fully saturated rings. The quantitative estimate of drug-likeness (QED) is 0.155. The summed E-state index contributed by atoms with van der Waals surface area (Å²) in [4.78, 5) is 14.2. The van der Waals surface area contributed by atoms with Crippen LogP contribution in [0.3, 0.4) is 0 Å². The molecule has 10 rings (SSSR count). The van der Waals surface area contributed by atoms with E-state index in [1.165, 1.54) is 16.7 Å². The molecule has 2 aliphatic heterocycles. The van der Waals surface area contributed by atoms with Gasteiger partial charge in [0.05, 0.1) is 17.3 Å². The first-order valence-electron chi connectivity index (χ1n) is 23.1. The Morgan fingerprint density at radius 1 is 0.529 bits per heavy atom. The predicted octanol–water partition coefficient (Wildman–Crippen LogP) is 16.4. The van der Waals surface area contributed by atoms with Crippen molar-refractivity contribution < 1.29 is 21.1 Å². The third-order valence-electron chi connectivity index (χ3n) is 12.9. The number of nitrogens with zero attached hydrogens (tertiary/aromatic N) is 6. The summed E-state index contributed by atoms with van der Waals surface area (Å²) in [6.07, 6.45) is 1.91. The zero-order valence-corrected chi connectivity index (χ0v) is 42.4. The van der Waals surface area contributed by atoms with Gasteiger partial charge in [-0.15, -0.1) is 53.8 Å². The predicted molar refractivity (Wildman–Crippen MR) is 278 cm³/mol. The zero-order chi connectivity index (χ0) is 46.8. The summed E-state index contributed by atoms with van der Waals surface area (Å²) in [5, 5.41) is 10.1. The van der Waals surface area contributed by atoms with Crippen LogP contribution >= 0.6 is 0 Å². The maximum atomic E-state index is 10.1. The minimum absolute atomic E-state index is 0. The van der Waals surface area contributed by atoms with E-state index in [1.807, 2.05) is 18.3 Å². The van der Waals surface area contributed by atoms with Crippen molar-refractivity contribution in [3.63, 3.8) is 0 Å². The van der Waals surface area contributed by atoms with Gasteiger partial charge in [0.2, 0.25) is 0 Å². The van der Waals surface area contributed by atoms with Crippen molar-refractivity contribution in [2.24, 2.45) is 0 Å². The molecule has 0 radical (unpaired) electrons. The summed E-state index contributed by atoms with van der Waals surface area (Å²) in [6.45, 7) is 22.5. The molecular weight excluding hydrogens is 1010 g/mol. The van der Waals surface area contributed by atoms with Crippen LogP contribution in [0.5, 0.6) is 0 Å². The van der Waals surface area contributed by atoms with Crippen LogP contribution in [0.4, 0.5) is 57.0 Å². The van der Waals surface area contributed by atoms with Crippen molar-refractivity contribution in [2.45, 2.75) is 78.6 Å². The van der Waals surface area contributed by atoms with Gasteiger partial charge in [-0.25, -0.2) is 4.98 Å². The van der Waals surface area contributed by atoms with Gasteiger partial charge in [0, 0.05) is 55.6 Å². The number of pyridine rings is 1. The van der Waals surface area contributed by atoms with Crippen LogP contribution in [0.25, 0.3) is 22.3 Å². The summed E-state index contributed by atoms with van der Waals surface area (Å²) in [5.41, 5.74) is 16.7. The molecule has 7 aromatic carbocycles. The van der Waals surface area contributed by atoms with Gasteiger partial charge in [0.1, 0.15) is 5.82 Å². The van der Waals surface area contributed by atoms with Crippen LogP contribution in [-0.4, -0.2) is 4.98 Å². The van der Waals surface area contributed by atoms with E-state index in [4.69, 9.17) is 4.98 Å². The molecule has 0 saturated carbocycles. The molecule has 342 valence electrons. The third kappa shape index (κ3) is 8.50. The molecule has 0 amide bonds. The monoisotopic (exact) mass is 1070 g/mol. The molecule has 1 aromatic heterocycles. The van der Waals surface area contributed by atoms with Crippen LogP contribution in [0.2, 0.25) is 0 Å². The van der Waals surface area contributed by atoms with Gasteiger partial charge in [-0.1, -0.05) is 152 Å². The Morgan fingerprint density at radius 2 is 1.18 bits per heavy atom. The van der Waals surface area contributed by atoms with Crippen molar-refractivity contribution in [3.05, 3.63) is 205 Å².